The van der Waals surface area contributed by atoms with E-state index < -0.39 is 12.3 Å². The minimum absolute atomic E-state index is 0.169. The number of nitrogens with two attached hydrogens (primary N) is 1. The summed E-state index contributed by atoms with van der Waals surface area (Å²) in [6, 6.07) is 5.11. The first-order chi connectivity index (χ1) is 8.38. The van der Waals surface area contributed by atoms with Gasteiger partial charge in [-0.3, -0.25) is 0 Å². The quantitative estimate of drug-likeness (QED) is 0.888. The predicted octanol–water partition coefficient (Wildman–Crippen LogP) is 2.62. The second-order valence-corrected chi connectivity index (χ2v) is 3.85. The van der Waals surface area contributed by atoms with Crippen LogP contribution < -0.4 is 10.5 Å². The first-order valence-electron chi connectivity index (χ1n) is 5.42. The lowest BCUT2D eigenvalue weighted by Crippen LogP contribution is -2.28. The Bertz CT molecular complexity index is 393. The molecule has 0 bridgehead atoms. The highest BCUT2D eigenvalue weighted by atomic mass is 19.4. The monoisotopic (exact) mass is 263 g/mol. The number of hydrogen-bond acceptors (Lipinski definition) is 3. The summed E-state index contributed by atoms with van der Waals surface area (Å²) < 4.78 is 46.8. The standard InChI is InChI=1S/C12H16F3NO2/c1-8(12(13,14)15)18-7-10-5-9(6-16)3-4-11(10)17-2/h3-5,8H,6-7,16H2,1-2H3. The van der Waals surface area contributed by atoms with Crippen LogP contribution in [-0.4, -0.2) is 19.4 Å². The zero-order valence-electron chi connectivity index (χ0n) is 10.3. The Morgan fingerprint density at radius 3 is 2.50 bits per heavy atom. The average molecular weight is 263 g/mol. The molecule has 6 heteroatoms. The van der Waals surface area contributed by atoms with Gasteiger partial charge < -0.3 is 15.2 Å². The van der Waals surface area contributed by atoms with Gasteiger partial charge in [0.05, 0.1) is 13.7 Å². The Balaban J connectivity index is 2.77. The Hall–Kier alpha value is -1.27. The molecule has 1 atom stereocenters. The van der Waals surface area contributed by atoms with Crippen molar-refractivity contribution in [1.29, 1.82) is 0 Å². The first-order valence-corrected chi connectivity index (χ1v) is 5.42. The van der Waals surface area contributed by atoms with Crippen molar-refractivity contribution in [2.45, 2.75) is 32.4 Å². The van der Waals surface area contributed by atoms with Crippen LogP contribution in [-0.2, 0) is 17.9 Å². The molecule has 0 amide bonds. The topological polar surface area (TPSA) is 44.5 Å². The highest BCUT2D eigenvalue weighted by Gasteiger charge is 2.36. The summed E-state index contributed by atoms with van der Waals surface area (Å²) in [7, 11) is 1.45. The molecular weight excluding hydrogens is 247 g/mol. The zero-order valence-corrected chi connectivity index (χ0v) is 10.3. The van der Waals surface area contributed by atoms with Crippen molar-refractivity contribution in [2.75, 3.05) is 7.11 Å². The second-order valence-electron chi connectivity index (χ2n) is 3.85. The summed E-state index contributed by atoms with van der Waals surface area (Å²) in [5.41, 5.74) is 6.84. The van der Waals surface area contributed by atoms with E-state index >= 15 is 0 Å². The van der Waals surface area contributed by atoms with Crippen LogP contribution in [0.1, 0.15) is 18.1 Å². The molecule has 0 aliphatic carbocycles. The van der Waals surface area contributed by atoms with E-state index in [2.05, 4.69) is 0 Å². The molecule has 102 valence electrons. The van der Waals surface area contributed by atoms with Gasteiger partial charge in [-0.1, -0.05) is 6.07 Å². The van der Waals surface area contributed by atoms with E-state index in [0.717, 1.165) is 12.5 Å². The molecule has 0 saturated carbocycles. The lowest BCUT2D eigenvalue weighted by atomic mass is 10.1. The normalized spacial score (nSPS) is 13.4. The van der Waals surface area contributed by atoms with E-state index in [-0.39, 0.29) is 6.61 Å². The Morgan fingerprint density at radius 2 is 2.00 bits per heavy atom. The van der Waals surface area contributed by atoms with Crippen molar-refractivity contribution in [1.82, 2.24) is 0 Å². The van der Waals surface area contributed by atoms with Gasteiger partial charge in [-0.15, -0.1) is 0 Å². The fraction of sp³-hybridized carbons (Fsp3) is 0.500. The molecule has 0 spiro atoms. The van der Waals surface area contributed by atoms with Crippen molar-refractivity contribution in [3.63, 3.8) is 0 Å². The summed E-state index contributed by atoms with van der Waals surface area (Å²) in [6.07, 6.45) is -6.18. The van der Waals surface area contributed by atoms with Crippen LogP contribution in [0.2, 0.25) is 0 Å². The van der Waals surface area contributed by atoms with Crippen LogP contribution >= 0.6 is 0 Å². The van der Waals surface area contributed by atoms with Gasteiger partial charge in [0.2, 0.25) is 0 Å². The molecule has 1 unspecified atom stereocenters. The first kappa shape index (κ1) is 14.8. The minimum Gasteiger partial charge on any atom is -0.496 e. The van der Waals surface area contributed by atoms with E-state index in [1.54, 1.807) is 18.2 Å². The van der Waals surface area contributed by atoms with Gasteiger partial charge in [0.1, 0.15) is 5.75 Å². The number of ether oxygens (including phenoxy) is 2. The summed E-state index contributed by atoms with van der Waals surface area (Å²) in [5.74, 6) is 0.488. The third-order valence-corrected chi connectivity index (χ3v) is 2.53. The summed E-state index contributed by atoms with van der Waals surface area (Å²) in [4.78, 5) is 0. The van der Waals surface area contributed by atoms with Crippen LogP contribution in [0.25, 0.3) is 0 Å². The fourth-order valence-corrected chi connectivity index (χ4v) is 1.38. The third kappa shape index (κ3) is 3.89. The number of benzene rings is 1. The molecule has 0 aliphatic heterocycles. The number of rotatable bonds is 5. The maximum absolute atomic E-state index is 12.3. The van der Waals surface area contributed by atoms with Crippen LogP contribution in [0.15, 0.2) is 18.2 Å². The number of hydrogen-bond donors (Lipinski definition) is 1. The molecule has 0 aliphatic rings. The molecule has 0 radical (unpaired) electrons. The predicted molar refractivity (Wildman–Crippen MR) is 61.2 cm³/mol. The van der Waals surface area contributed by atoms with Crippen LogP contribution in [0.4, 0.5) is 13.2 Å². The highest BCUT2D eigenvalue weighted by Crippen LogP contribution is 2.26. The average Bonchev–Trinajstić information content (AvgIpc) is 2.34. The third-order valence-electron chi connectivity index (χ3n) is 2.53. The highest BCUT2D eigenvalue weighted by molar-refractivity contribution is 5.36. The van der Waals surface area contributed by atoms with E-state index in [9.17, 15) is 13.2 Å². The Morgan fingerprint density at radius 1 is 1.33 bits per heavy atom. The second kappa shape index (κ2) is 6.06. The van der Waals surface area contributed by atoms with Gasteiger partial charge >= 0.3 is 6.18 Å². The van der Waals surface area contributed by atoms with Crippen LogP contribution in [0.3, 0.4) is 0 Å². The molecule has 3 nitrogen and oxygen atoms in total. The lowest BCUT2D eigenvalue weighted by Gasteiger charge is -2.17. The van der Waals surface area contributed by atoms with Gasteiger partial charge in [-0.25, -0.2) is 0 Å². The van der Waals surface area contributed by atoms with Crippen molar-refractivity contribution >= 4 is 0 Å². The summed E-state index contributed by atoms with van der Waals surface area (Å²) in [5, 5.41) is 0. The summed E-state index contributed by atoms with van der Waals surface area (Å²) >= 11 is 0. The van der Waals surface area contributed by atoms with Gasteiger partial charge in [0, 0.05) is 12.1 Å². The molecule has 2 N–H and O–H groups in total. The van der Waals surface area contributed by atoms with E-state index in [0.29, 0.717) is 17.9 Å². The molecule has 1 aromatic rings. The molecule has 1 rings (SSSR count). The van der Waals surface area contributed by atoms with E-state index in [1.165, 1.54) is 7.11 Å². The van der Waals surface area contributed by atoms with Crippen molar-refractivity contribution in [3.05, 3.63) is 29.3 Å². The maximum Gasteiger partial charge on any atom is 0.414 e. The fourth-order valence-electron chi connectivity index (χ4n) is 1.38. The summed E-state index contributed by atoms with van der Waals surface area (Å²) in [6.45, 7) is 1.11. The van der Waals surface area contributed by atoms with Gasteiger partial charge in [-0.05, 0) is 24.6 Å². The van der Waals surface area contributed by atoms with Crippen molar-refractivity contribution in [3.8, 4) is 5.75 Å². The van der Waals surface area contributed by atoms with Crippen LogP contribution in [0.5, 0.6) is 5.75 Å². The molecule has 0 heterocycles. The maximum atomic E-state index is 12.3. The molecule has 0 fully saturated rings. The molecular formula is C12H16F3NO2. The number of methoxy groups -OCH3 is 1. The van der Waals surface area contributed by atoms with E-state index in [4.69, 9.17) is 15.2 Å². The number of alkyl halides is 3. The molecule has 1 aromatic carbocycles. The van der Waals surface area contributed by atoms with Gasteiger partial charge in [0.15, 0.2) is 6.10 Å². The smallest absolute Gasteiger partial charge is 0.414 e. The van der Waals surface area contributed by atoms with Gasteiger partial charge in [0.25, 0.3) is 0 Å². The van der Waals surface area contributed by atoms with E-state index in [1.807, 2.05) is 0 Å². The molecule has 0 aromatic heterocycles. The Kier molecular flexibility index (Phi) is 4.98. The minimum atomic E-state index is -4.36. The zero-order chi connectivity index (χ0) is 13.8. The number of halogens is 3. The largest absolute Gasteiger partial charge is 0.496 e. The van der Waals surface area contributed by atoms with Crippen molar-refractivity contribution < 1.29 is 22.6 Å². The molecule has 18 heavy (non-hydrogen) atoms. The van der Waals surface area contributed by atoms with Gasteiger partial charge in [-0.2, -0.15) is 13.2 Å². The van der Waals surface area contributed by atoms with Crippen molar-refractivity contribution in [2.24, 2.45) is 5.73 Å². The Labute approximate surface area is 104 Å². The molecule has 0 saturated heterocycles. The van der Waals surface area contributed by atoms with Crippen LogP contribution in [0, 0.1) is 0 Å². The lowest BCUT2D eigenvalue weighted by molar-refractivity contribution is -0.217. The SMILES string of the molecule is COc1ccc(CN)cc1COC(C)C(F)(F)F.